The van der Waals surface area contributed by atoms with Crippen LogP contribution in [-0.2, 0) is 19.1 Å². The molecule has 3 atom stereocenters. The second kappa shape index (κ2) is 11.8. The predicted octanol–water partition coefficient (Wildman–Crippen LogP) is -5.10. The van der Waals surface area contributed by atoms with Crippen LogP contribution in [0.4, 0.5) is 9.93 Å². The fourth-order valence-electron chi connectivity index (χ4n) is 4.10. The summed E-state index contributed by atoms with van der Waals surface area (Å²) < 4.78 is 5.26. The molecule has 188 valence electrons. The molecule has 2 fully saturated rings. The number of β-lactam (4-membered cyclic amide) rings is 1. The van der Waals surface area contributed by atoms with Crippen molar-refractivity contribution >= 4 is 57.8 Å². The smallest absolute Gasteiger partial charge is 0.543 e. The number of likely N-dealkylation sites (tertiary alicyclic amines) is 1. The number of carboxylic acid groups (broad SMARTS) is 1. The van der Waals surface area contributed by atoms with Crippen molar-refractivity contribution in [2.24, 2.45) is 5.16 Å². The molecule has 36 heavy (non-hydrogen) atoms. The average Bonchev–Trinajstić information content (AvgIpc) is 3.49. The van der Waals surface area contributed by atoms with Crippen LogP contribution in [0.25, 0.3) is 0 Å². The molecule has 1 aromatic heterocycles. The maximum absolute atomic E-state index is 12.8. The number of aliphatic hydroxyl groups is 1. The van der Waals surface area contributed by atoms with Crippen LogP contribution in [-0.4, -0.2) is 97.7 Å². The number of carboxylic acids is 1. The molecule has 3 amide bonds. The van der Waals surface area contributed by atoms with Crippen molar-refractivity contribution in [3.8, 4) is 0 Å². The number of nitrogens with one attached hydrogen (secondary N) is 1. The second-order valence-corrected chi connectivity index (χ2v) is 9.84. The third kappa shape index (κ3) is 5.33. The fraction of sp³-hybridized carbons (Fsp3) is 0.474. The largest absolute Gasteiger partial charge is 1.00 e. The number of ether oxygens (including phenoxy) is 1. The molecule has 3 aliphatic rings. The molecule has 0 saturated carbocycles. The molecule has 0 aliphatic carbocycles. The Balaban J connectivity index is 0.00000361. The van der Waals surface area contributed by atoms with E-state index < -0.39 is 46.7 Å². The van der Waals surface area contributed by atoms with Gasteiger partial charge < -0.3 is 40.9 Å². The third-order valence-corrected chi connectivity index (χ3v) is 7.81. The molecule has 1 unspecified atom stereocenters. The van der Waals surface area contributed by atoms with Crippen molar-refractivity contribution in [2.45, 2.75) is 30.3 Å². The van der Waals surface area contributed by atoms with Gasteiger partial charge in [-0.1, -0.05) is 5.16 Å². The van der Waals surface area contributed by atoms with Crippen molar-refractivity contribution in [2.75, 3.05) is 31.2 Å². The van der Waals surface area contributed by atoms with Crippen molar-refractivity contribution in [3.63, 3.8) is 0 Å². The SMILES string of the molecule is Nc1nc(/C(=N/O)C(=O)NC2C(=O)N3C(C(=O)[O-])=C(COC(=O)N4CCC[C@H]4CO)CS[C@@H]23)cs1.[Na+]. The Hall–Kier alpha value is -2.37. The molecule has 2 saturated heterocycles. The Bertz CT molecular complexity index is 1130. The summed E-state index contributed by atoms with van der Waals surface area (Å²) >= 11 is 2.19. The summed E-state index contributed by atoms with van der Waals surface area (Å²) in [5.41, 5.74) is 4.86. The first-order chi connectivity index (χ1) is 16.8. The van der Waals surface area contributed by atoms with E-state index in [2.05, 4.69) is 15.5 Å². The fourth-order valence-corrected chi connectivity index (χ4v) is 5.97. The Labute approximate surface area is 234 Å². The van der Waals surface area contributed by atoms with Gasteiger partial charge in [0, 0.05) is 23.3 Å². The number of carbonyl (C=O) groups is 4. The van der Waals surface area contributed by atoms with Gasteiger partial charge in [-0.2, -0.15) is 0 Å². The Morgan fingerprint density at radius 3 is 2.75 bits per heavy atom. The van der Waals surface area contributed by atoms with E-state index in [1.165, 1.54) is 10.3 Å². The number of fused-ring (bicyclic) bond motifs is 1. The van der Waals surface area contributed by atoms with Crippen molar-refractivity contribution in [1.82, 2.24) is 20.1 Å². The number of hydrogen-bond donors (Lipinski definition) is 4. The molecule has 4 heterocycles. The first-order valence-corrected chi connectivity index (χ1v) is 12.4. The van der Waals surface area contributed by atoms with E-state index in [1.54, 1.807) is 0 Å². The second-order valence-electron chi connectivity index (χ2n) is 7.85. The average molecular weight is 549 g/mol. The van der Waals surface area contributed by atoms with E-state index in [0.29, 0.717) is 13.0 Å². The van der Waals surface area contributed by atoms with E-state index >= 15 is 0 Å². The molecule has 0 spiro atoms. The number of carbonyl (C=O) groups excluding carboxylic acids is 4. The number of anilines is 1. The summed E-state index contributed by atoms with van der Waals surface area (Å²) in [5, 5.41) is 36.6. The Morgan fingerprint density at radius 1 is 1.39 bits per heavy atom. The minimum absolute atomic E-state index is 0. The standard InChI is InChI=1S/C19H22N6O8S2.Na/c20-18-21-10(7-35-18)11(23-32)14(27)22-12-15(28)25-13(17(29)30)8(6-34-16(12)25)5-33-19(31)24-3-1-2-9(24)4-26;/h7,9,12,16,26,32H,1-6H2,(H2,20,21)(H,22,27)(H,29,30);/q;+1/p-1/b23-11-;/t9-,12?,16-;/m0./s1. The summed E-state index contributed by atoms with van der Waals surface area (Å²) in [5.74, 6) is -3.12. The van der Waals surface area contributed by atoms with Gasteiger partial charge in [-0.3, -0.25) is 14.5 Å². The van der Waals surface area contributed by atoms with Crippen molar-refractivity contribution < 1.29 is 68.9 Å². The van der Waals surface area contributed by atoms with Crippen LogP contribution in [0.15, 0.2) is 21.8 Å². The zero-order chi connectivity index (χ0) is 25.3. The number of amides is 3. The van der Waals surface area contributed by atoms with E-state index in [0.717, 1.165) is 34.4 Å². The first kappa shape index (κ1) is 28.2. The quantitative estimate of drug-likeness (QED) is 0.0832. The van der Waals surface area contributed by atoms with Crippen LogP contribution in [0, 0.1) is 0 Å². The summed E-state index contributed by atoms with van der Waals surface area (Å²) in [4.78, 5) is 55.8. The number of aromatic nitrogens is 1. The molecule has 14 nitrogen and oxygen atoms in total. The topological polar surface area (TPSA) is 211 Å². The summed E-state index contributed by atoms with van der Waals surface area (Å²) in [6, 6.07) is -1.44. The maximum atomic E-state index is 12.8. The Kier molecular flexibility index (Phi) is 9.23. The zero-order valence-electron chi connectivity index (χ0n) is 19.1. The molecule has 0 aromatic carbocycles. The van der Waals surface area contributed by atoms with Gasteiger partial charge >= 0.3 is 35.7 Å². The zero-order valence-corrected chi connectivity index (χ0v) is 22.7. The summed E-state index contributed by atoms with van der Waals surface area (Å²) in [6.45, 7) is -0.149. The number of thioether (sulfide) groups is 1. The van der Waals surface area contributed by atoms with Gasteiger partial charge in [-0.25, -0.2) is 9.78 Å². The van der Waals surface area contributed by atoms with Crippen molar-refractivity contribution in [3.05, 3.63) is 22.3 Å². The van der Waals surface area contributed by atoms with Crippen LogP contribution in [0.3, 0.4) is 0 Å². The maximum Gasteiger partial charge on any atom is 1.00 e. The number of nitrogens with two attached hydrogens (primary N) is 1. The van der Waals surface area contributed by atoms with Crippen LogP contribution in [0.2, 0.25) is 0 Å². The van der Waals surface area contributed by atoms with Crippen LogP contribution in [0.1, 0.15) is 18.5 Å². The van der Waals surface area contributed by atoms with Crippen LogP contribution < -0.4 is 45.7 Å². The number of nitrogen functional groups attached to an aromatic ring is 1. The predicted molar refractivity (Wildman–Crippen MR) is 120 cm³/mol. The van der Waals surface area contributed by atoms with Gasteiger partial charge in [0.25, 0.3) is 11.8 Å². The molecular weight excluding hydrogens is 527 g/mol. The van der Waals surface area contributed by atoms with Gasteiger partial charge in [0.1, 0.15) is 23.7 Å². The normalized spacial score (nSPS) is 23.5. The molecule has 1 aromatic rings. The molecule has 17 heteroatoms. The summed E-state index contributed by atoms with van der Waals surface area (Å²) in [6.07, 6.45) is 0.681. The van der Waals surface area contributed by atoms with Crippen LogP contribution >= 0.6 is 23.1 Å². The number of aliphatic carboxylic acids is 1. The van der Waals surface area contributed by atoms with Gasteiger partial charge in [-0.15, -0.1) is 23.1 Å². The molecule has 4 rings (SSSR count). The first-order valence-electron chi connectivity index (χ1n) is 10.4. The minimum atomic E-state index is -1.62. The van der Waals surface area contributed by atoms with E-state index in [4.69, 9.17) is 10.5 Å². The number of aliphatic hydroxyl groups excluding tert-OH is 1. The van der Waals surface area contributed by atoms with E-state index in [9.17, 15) is 34.6 Å². The van der Waals surface area contributed by atoms with Gasteiger partial charge in [0.05, 0.1) is 24.3 Å². The molecule has 0 bridgehead atoms. The number of rotatable bonds is 7. The molecule has 5 N–H and O–H groups in total. The number of nitrogens with zero attached hydrogens (tertiary/aromatic N) is 4. The number of thiazole rings is 1. The van der Waals surface area contributed by atoms with E-state index in [-0.39, 0.29) is 71.0 Å². The molecular formula is C19H21N6NaO8S2. The number of hydrogen-bond acceptors (Lipinski definition) is 13. The molecule has 3 aliphatic heterocycles. The number of oxime groups is 1. The summed E-state index contributed by atoms with van der Waals surface area (Å²) in [7, 11) is 0. The van der Waals surface area contributed by atoms with Crippen LogP contribution in [0.5, 0.6) is 0 Å². The van der Waals surface area contributed by atoms with Crippen molar-refractivity contribution in [1.29, 1.82) is 0 Å². The van der Waals surface area contributed by atoms with Gasteiger partial charge in [0.15, 0.2) is 10.8 Å². The molecule has 0 radical (unpaired) electrons. The Morgan fingerprint density at radius 2 is 2.14 bits per heavy atom. The van der Waals surface area contributed by atoms with Gasteiger partial charge in [0.2, 0.25) is 0 Å². The monoisotopic (exact) mass is 548 g/mol. The minimum Gasteiger partial charge on any atom is -0.543 e. The third-order valence-electron chi connectivity index (χ3n) is 5.80. The van der Waals surface area contributed by atoms with Gasteiger partial charge in [-0.05, 0) is 12.8 Å². The van der Waals surface area contributed by atoms with E-state index in [1.807, 2.05) is 0 Å².